The molecule has 0 heterocycles. The summed E-state index contributed by atoms with van der Waals surface area (Å²) in [5.74, 6) is -0.0676. The van der Waals surface area contributed by atoms with E-state index in [1.807, 2.05) is 0 Å². The molecular formula is C20H23ClN2O6. The van der Waals surface area contributed by atoms with Gasteiger partial charge in [0.1, 0.15) is 0 Å². The van der Waals surface area contributed by atoms with E-state index in [0.29, 0.717) is 18.3 Å². The number of ether oxygens (including phenoxy) is 1. The zero-order valence-corrected chi connectivity index (χ0v) is 16.6. The van der Waals surface area contributed by atoms with Crippen LogP contribution in [-0.2, 0) is 14.3 Å². The molecule has 1 aromatic carbocycles. The third-order valence-corrected chi connectivity index (χ3v) is 6.79. The van der Waals surface area contributed by atoms with Crippen LogP contribution >= 0.6 is 11.6 Å². The number of nitro benzene ring substituents is 1. The van der Waals surface area contributed by atoms with Gasteiger partial charge in [0.05, 0.1) is 27.7 Å². The van der Waals surface area contributed by atoms with Crippen molar-refractivity contribution in [3.05, 3.63) is 33.3 Å². The second kappa shape index (κ2) is 7.25. The average molecular weight is 423 g/mol. The molecule has 29 heavy (non-hydrogen) atoms. The third kappa shape index (κ3) is 4.23. The highest BCUT2D eigenvalue weighted by atomic mass is 35.5. The molecule has 0 spiro atoms. The van der Waals surface area contributed by atoms with Crippen LogP contribution < -0.4 is 5.32 Å². The van der Waals surface area contributed by atoms with Gasteiger partial charge in [-0.2, -0.15) is 0 Å². The molecule has 0 aromatic heterocycles. The first-order valence-corrected chi connectivity index (χ1v) is 10.1. The molecule has 0 saturated heterocycles. The van der Waals surface area contributed by atoms with E-state index in [2.05, 4.69) is 5.32 Å². The molecule has 156 valence electrons. The average Bonchev–Trinajstić information content (AvgIpc) is 2.59. The highest BCUT2D eigenvalue weighted by Gasteiger charge is 2.57. The monoisotopic (exact) mass is 422 g/mol. The summed E-state index contributed by atoms with van der Waals surface area (Å²) in [4.78, 5) is 34.6. The summed E-state index contributed by atoms with van der Waals surface area (Å²) in [6.45, 7) is -0.459. The van der Waals surface area contributed by atoms with Crippen LogP contribution in [0.2, 0.25) is 5.02 Å². The molecule has 4 atom stereocenters. The SMILES string of the molecule is O=C(COC(=O)CC12C[C@@H]3C[C@@H](CC(O)(C3)C1)C2)Nc1ccc([N+](=O)[O-])cc1Cl. The largest absolute Gasteiger partial charge is 0.456 e. The standard InChI is InChI=1S/C20H23ClN2O6/c21-15-4-14(23(27)28)1-2-16(15)22-17(24)10-29-18(25)9-19-5-12-3-13(6-19)8-20(26,7-12)11-19/h1-2,4,12-13,26H,3,5-11H2,(H,22,24)/t12-,13+,19?,20?. The summed E-state index contributed by atoms with van der Waals surface area (Å²) >= 11 is 5.95. The number of non-ortho nitro benzene ring substituents is 1. The fourth-order valence-corrected chi connectivity index (χ4v) is 6.24. The number of nitrogens with zero attached hydrogens (tertiary/aromatic N) is 1. The number of amides is 1. The number of halogens is 1. The van der Waals surface area contributed by atoms with Crippen LogP contribution in [0.1, 0.15) is 44.9 Å². The number of rotatable bonds is 6. The zero-order valence-electron chi connectivity index (χ0n) is 15.9. The van der Waals surface area contributed by atoms with Crippen molar-refractivity contribution in [1.82, 2.24) is 0 Å². The molecule has 1 amide bonds. The Hall–Kier alpha value is -2.19. The maximum Gasteiger partial charge on any atom is 0.306 e. The van der Waals surface area contributed by atoms with Gasteiger partial charge in [-0.15, -0.1) is 0 Å². The molecule has 4 aliphatic rings. The van der Waals surface area contributed by atoms with Gasteiger partial charge in [0, 0.05) is 12.1 Å². The van der Waals surface area contributed by atoms with Crippen molar-refractivity contribution in [2.45, 2.75) is 50.5 Å². The van der Waals surface area contributed by atoms with E-state index < -0.39 is 29.0 Å². The molecule has 8 nitrogen and oxygen atoms in total. The molecule has 4 bridgehead atoms. The van der Waals surface area contributed by atoms with Gasteiger partial charge in [0.15, 0.2) is 6.61 Å². The minimum atomic E-state index is -0.644. The molecule has 0 radical (unpaired) electrons. The Labute approximate surface area is 172 Å². The van der Waals surface area contributed by atoms with Gasteiger partial charge in [-0.25, -0.2) is 0 Å². The number of nitrogens with one attached hydrogen (secondary N) is 1. The van der Waals surface area contributed by atoms with Crippen molar-refractivity contribution in [2.75, 3.05) is 11.9 Å². The van der Waals surface area contributed by atoms with E-state index in [0.717, 1.165) is 38.2 Å². The van der Waals surface area contributed by atoms with Gasteiger partial charge in [-0.1, -0.05) is 11.6 Å². The summed E-state index contributed by atoms with van der Waals surface area (Å²) in [6.07, 6.45) is 5.52. The number of carbonyl (C=O) groups is 2. The maximum absolute atomic E-state index is 12.4. The third-order valence-electron chi connectivity index (χ3n) is 6.47. The van der Waals surface area contributed by atoms with Gasteiger partial charge in [-0.3, -0.25) is 19.7 Å². The van der Waals surface area contributed by atoms with Crippen LogP contribution in [-0.4, -0.2) is 34.1 Å². The topological polar surface area (TPSA) is 119 Å². The van der Waals surface area contributed by atoms with Crippen molar-refractivity contribution in [3.8, 4) is 0 Å². The molecule has 2 unspecified atom stereocenters. The highest BCUT2D eigenvalue weighted by Crippen LogP contribution is 2.62. The summed E-state index contributed by atoms with van der Waals surface area (Å²) < 4.78 is 5.17. The molecule has 0 aliphatic heterocycles. The smallest absolute Gasteiger partial charge is 0.306 e. The van der Waals surface area contributed by atoms with Gasteiger partial charge < -0.3 is 15.2 Å². The second-order valence-electron chi connectivity index (χ2n) is 8.99. The molecule has 4 saturated carbocycles. The van der Waals surface area contributed by atoms with Crippen LogP contribution in [0, 0.1) is 27.4 Å². The van der Waals surface area contributed by atoms with E-state index >= 15 is 0 Å². The van der Waals surface area contributed by atoms with Crippen molar-refractivity contribution in [3.63, 3.8) is 0 Å². The Morgan fingerprint density at radius 1 is 1.28 bits per heavy atom. The normalized spacial score (nSPS) is 32.1. The number of benzene rings is 1. The lowest BCUT2D eigenvalue weighted by Crippen LogP contribution is -2.56. The van der Waals surface area contributed by atoms with E-state index in [1.165, 1.54) is 12.1 Å². The molecule has 4 fully saturated rings. The first-order valence-electron chi connectivity index (χ1n) is 9.77. The van der Waals surface area contributed by atoms with Gasteiger partial charge in [-0.05, 0) is 61.8 Å². The van der Waals surface area contributed by atoms with E-state index in [4.69, 9.17) is 16.3 Å². The first kappa shape index (κ1) is 20.1. The van der Waals surface area contributed by atoms with Crippen molar-refractivity contribution < 1.29 is 24.4 Å². The first-order chi connectivity index (χ1) is 13.7. The van der Waals surface area contributed by atoms with E-state index in [9.17, 15) is 24.8 Å². The highest BCUT2D eigenvalue weighted by molar-refractivity contribution is 6.34. The molecule has 4 aliphatic carbocycles. The Morgan fingerprint density at radius 2 is 1.97 bits per heavy atom. The minimum Gasteiger partial charge on any atom is -0.456 e. The van der Waals surface area contributed by atoms with Gasteiger partial charge in [0.2, 0.25) is 0 Å². The van der Waals surface area contributed by atoms with Crippen LogP contribution in [0.4, 0.5) is 11.4 Å². The quantitative estimate of drug-likeness (QED) is 0.411. The number of anilines is 1. The lowest BCUT2D eigenvalue weighted by atomic mass is 9.47. The Morgan fingerprint density at radius 3 is 2.55 bits per heavy atom. The van der Waals surface area contributed by atoms with Crippen LogP contribution in [0.5, 0.6) is 0 Å². The number of hydrogen-bond acceptors (Lipinski definition) is 6. The number of nitro groups is 1. The van der Waals surface area contributed by atoms with Crippen LogP contribution in [0.3, 0.4) is 0 Å². The van der Waals surface area contributed by atoms with Gasteiger partial charge >= 0.3 is 5.97 Å². The van der Waals surface area contributed by atoms with E-state index in [1.54, 1.807) is 0 Å². The minimum absolute atomic E-state index is 0.0284. The Balaban J connectivity index is 1.30. The van der Waals surface area contributed by atoms with Crippen molar-refractivity contribution >= 4 is 34.9 Å². The summed E-state index contributed by atoms with van der Waals surface area (Å²) in [5, 5.41) is 24.0. The van der Waals surface area contributed by atoms with Gasteiger partial charge in [0.25, 0.3) is 11.6 Å². The van der Waals surface area contributed by atoms with Crippen LogP contribution in [0.25, 0.3) is 0 Å². The molecule has 9 heteroatoms. The fourth-order valence-electron chi connectivity index (χ4n) is 6.02. The van der Waals surface area contributed by atoms with Crippen LogP contribution in [0.15, 0.2) is 18.2 Å². The van der Waals surface area contributed by atoms with E-state index in [-0.39, 0.29) is 28.2 Å². The van der Waals surface area contributed by atoms with Crippen molar-refractivity contribution in [1.29, 1.82) is 0 Å². The summed E-state index contributed by atoms with van der Waals surface area (Å²) in [6, 6.07) is 3.70. The predicted octanol–water partition coefficient (Wildman–Crippen LogP) is 3.45. The maximum atomic E-state index is 12.4. The molecule has 5 rings (SSSR count). The number of hydrogen-bond donors (Lipinski definition) is 2. The number of esters is 1. The number of aliphatic hydroxyl groups is 1. The molecule has 1 aromatic rings. The van der Waals surface area contributed by atoms with Crippen molar-refractivity contribution in [2.24, 2.45) is 17.3 Å². The predicted molar refractivity (Wildman–Crippen MR) is 104 cm³/mol. The lowest BCUT2D eigenvalue weighted by molar-refractivity contribution is -0.384. The Bertz CT molecular complexity index is 859. The second-order valence-corrected chi connectivity index (χ2v) is 9.40. The zero-order chi connectivity index (χ0) is 20.8. The lowest BCUT2D eigenvalue weighted by Gasteiger charge is -2.60. The fraction of sp³-hybridized carbons (Fsp3) is 0.600. The Kier molecular flexibility index (Phi) is 5.02. The summed E-state index contributed by atoms with van der Waals surface area (Å²) in [7, 11) is 0. The number of carbonyl (C=O) groups excluding carboxylic acids is 2. The summed E-state index contributed by atoms with van der Waals surface area (Å²) in [5.41, 5.74) is -0.832. The molecular weight excluding hydrogens is 400 g/mol. The molecule has 2 N–H and O–H groups in total.